The molecule has 12 heavy (non-hydrogen) atoms. The van der Waals surface area contributed by atoms with E-state index in [4.69, 9.17) is 11.6 Å². The summed E-state index contributed by atoms with van der Waals surface area (Å²) < 4.78 is 1.59. The van der Waals surface area contributed by atoms with Gasteiger partial charge in [0.25, 0.3) is 0 Å². The number of aromatic nitrogens is 3. The van der Waals surface area contributed by atoms with Gasteiger partial charge < -0.3 is 0 Å². The molecule has 1 aromatic heterocycles. The Bertz CT molecular complexity index is 269. The van der Waals surface area contributed by atoms with Crippen LogP contribution in [0, 0.1) is 5.41 Å². The summed E-state index contributed by atoms with van der Waals surface area (Å²) in [5, 5.41) is 4.67. The summed E-state index contributed by atoms with van der Waals surface area (Å²) in [4.78, 5) is 3.81. The highest BCUT2D eigenvalue weighted by atomic mass is 35.5. The summed E-state index contributed by atoms with van der Waals surface area (Å²) in [5.41, 5.74) is -0.0342. The topological polar surface area (TPSA) is 30.7 Å². The third-order valence-electron chi connectivity index (χ3n) is 1.40. The smallest absolute Gasteiger partial charge is 0.138 e. The fourth-order valence-corrected chi connectivity index (χ4v) is 0.694. The number of nitrogens with zero attached hydrogens (tertiary/aromatic N) is 3. The number of rotatable bonds is 1. The number of hydrogen-bond acceptors (Lipinski definition) is 2. The summed E-state index contributed by atoms with van der Waals surface area (Å²) in [6.45, 7) is 6.13. The molecule has 0 fully saturated rings. The molecule has 0 radical (unpaired) electrons. The lowest BCUT2D eigenvalue weighted by molar-refractivity contribution is 0.531. The average Bonchev–Trinajstić information content (AvgIpc) is 2.37. The number of halogens is 1. The number of hydrogen-bond donors (Lipinski definition) is 0. The Kier molecular flexibility index (Phi) is 2.52. The van der Waals surface area contributed by atoms with E-state index >= 15 is 0 Å². The molecule has 0 amide bonds. The van der Waals surface area contributed by atoms with Crippen LogP contribution in [0.4, 0.5) is 0 Å². The molecule has 0 bridgehead atoms. The van der Waals surface area contributed by atoms with Gasteiger partial charge in [0.15, 0.2) is 0 Å². The van der Waals surface area contributed by atoms with Crippen LogP contribution in [-0.4, -0.2) is 14.8 Å². The van der Waals surface area contributed by atoms with Gasteiger partial charge in [-0.3, -0.25) is 0 Å². The zero-order valence-corrected chi connectivity index (χ0v) is 8.21. The third kappa shape index (κ3) is 2.34. The van der Waals surface area contributed by atoms with Gasteiger partial charge in [-0.05, 0) is 5.41 Å². The Labute approximate surface area is 77.1 Å². The van der Waals surface area contributed by atoms with Crippen molar-refractivity contribution in [3.8, 4) is 0 Å². The standard InChI is InChI=1S/C8H12ClN3/c1-8(2,3)7(9)4-12-6-10-5-11-12/h4-6H,1-3H3. The molecule has 0 spiro atoms. The molecule has 0 aliphatic carbocycles. The minimum absolute atomic E-state index is 0.0342. The van der Waals surface area contributed by atoms with Gasteiger partial charge >= 0.3 is 0 Å². The van der Waals surface area contributed by atoms with Crippen LogP contribution < -0.4 is 0 Å². The van der Waals surface area contributed by atoms with Crippen molar-refractivity contribution >= 4 is 17.8 Å². The fourth-order valence-electron chi connectivity index (χ4n) is 0.594. The molecular weight excluding hydrogens is 174 g/mol. The van der Waals surface area contributed by atoms with E-state index in [2.05, 4.69) is 10.1 Å². The second-order valence-electron chi connectivity index (χ2n) is 3.60. The molecule has 0 aliphatic heterocycles. The Balaban J connectivity index is 2.84. The normalized spacial score (nSPS) is 13.5. The van der Waals surface area contributed by atoms with Crippen LogP contribution in [0.2, 0.25) is 0 Å². The summed E-state index contributed by atoms with van der Waals surface area (Å²) in [6, 6.07) is 0. The van der Waals surface area contributed by atoms with Crippen molar-refractivity contribution in [1.29, 1.82) is 0 Å². The summed E-state index contributed by atoms with van der Waals surface area (Å²) in [6.07, 6.45) is 4.84. The van der Waals surface area contributed by atoms with Crippen molar-refractivity contribution in [2.24, 2.45) is 5.41 Å². The minimum atomic E-state index is -0.0342. The Morgan fingerprint density at radius 2 is 2.17 bits per heavy atom. The molecule has 0 N–H and O–H groups in total. The van der Waals surface area contributed by atoms with E-state index in [1.807, 2.05) is 20.8 Å². The maximum absolute atomic E-state index is 6.02. The molecule has 1 rings (SSSR count). The van der Waals surface area contributed by atoms with Gasteiger partial charge in [0, 0.05) is 11.2 Å². The number of allylic oxidation sites excluding steroid dienone is 1. The summed E-state index contributed by atoms with van der Waals surface area (Å²) in [5.74, 6) is 0. The third-order valence-corrected chi connectivity index (χ3v) is 2.06. The first-order valence-electron chi connectivity index (χ1n) is 3.72. The molecule has 0 unspecified atom stereocenters. The first-order chi connectivity index (χ1) is 5.50. The van der Waals surface area contributed by atoms with Crippen LogP contribution in [0.15, 0.2) is 17.7 Å². The Morgan fingerprint density at radius 1 is 1.50 bits per heavy atom. The Hall–Kier alpha value is -0.830. The molecule has 0 atom stereocenters. The van der Waals surface area contributed by atoms with E-state index in [1.165, 1.54) is 6.33 Å². The monoisotopic (exact) mass is 185 g/mol. The summed E-state index contributed by atoms with van der Waals surface area (Å²) >= 11 is 6.02. The quantitative estimate of drug-likeness (QED) is 0.673. The van der Waals surface area contributed by atoms with E-state index in [0.29, 0.717) is 0 Å². The first kappa shape index (κ1) is 9.26. The maximum atomic E-state index is 6.02. The highest BCUT2D eigenvalue weighted by Gasteiger charge is 2.14. The van der Waals surface area contributed by atoms with Crippen molar-refractivity contribution in [3.05, 3.63) is 17.7 Å². The van der Waals surface area contributed by atoms with Crippen LogP contribution in [0.1, 0.15) is 20.8 Å². The van der Waals surface area contributed by atoms with Crippen molar-refractivity contribution in [2.75, 3.05) is 0 Å². The molecule has 0 saturated heterocycles. The van der Waals surface area contributed by atoms with Gasteiger partial charge in [0.2, 0.25) is 0 Å². The van der Waals surface area contributed by atoms with Crippen LogP contribution in [0.3, 0.4) is 0 Å². The Morgan fingerprint density at radius 3 is 2.58 bits per heavy atom. The first-order valence-corrected chi connectivity index (χ1v) is 4.10. The van der Waals surface area contributed by atoms with Crippen LogP contribution in [-0.2, 0) is 0 Å². The highest BCUT2D eigenvalue weighted by Crippen LogP contribution is 2.28. The molecule has 4 heteroatoms. The lowest BCUT2D eigenvalue weighted by atomic mass is 9.97. The van der Waals surface area contributed by atoms with Crippen LogP contribution >= 0.6 is 11.6 Å². The van der Waals surface area contributed by atoms with E-state index in [1.54, 1.807) is 17.2 Å². The van der Waals surface area contributed by atoms with Crippen molar-refractivity contribution < 1.29 is 0 Å². The van der Waals surface area contributed by atoms with Gasteiger partial charge in [-0.1, -0.05) is 32.4 Å². The average molecular weight is 186 g/mol. The molecule has 0 aliphatic rings. The molecule has 1 heterocycles. The predicted molar refractivity (Wildman–Crippen MR) is 49.6 cm³/mol. The van der Waals surface area contributed by atoms with E-state index < -0.39 is 0 Å². The maximum Gasteiger partial charge on any atom is 0.138 e. The minimum Gasteiger partial charge on any atom is -0.227 e. The molecule has 1 aromatic rings. The van der Waals surface area contributed by atoms with Crippen LogP contribution in [0.25, 0.3) is 6.20 Å². The van der Waals surface area contributed by atoms with Gasteiger partial charge in [0.05, 0.1) is 0 Å². The molecule has 0 aromatic carbocycles. The second kappa shape index (κ2) is 3.27. The van der Waals surface area contributed by atoms with E-state index in [0.717, 1.165) is 5.03 Å². The zero-order valence-electron chi connectivity index (χ0n) is 7.45. The SMILES string of the molecule is CC(C)(C)C(Cl)=Cn1cncn1. The largest absolute Gasteiger partial charge is 0.227 e. The molecule has 3 nitrogen and oxygen atoms in total. The molecule has 0 saturated carbocycles. The van der Waals surface area contributed by atoms with Crippen molar-refractivity contribution in [3.63, 3.8) is 0 Å². The summed E-state index contributed by atoms with van der Waals surface area (Å²) in [7, 11) is 0. The van der Waals surface area contributed by atoms with Crippen molar-refractivity contribution in [2.45, 2.75) is 20.8 Å². The van der Waals surface area contributed by atoms with Crippen molar-refractivity contribution in [1.82, 2.24) is 14.8 Å². The second-order valence-corrected chi connectivity index (χ2v) is 4.01. The van der Waals surface area contributed by atoms with Crippen LogP contribution in [0.5, 0.6) is 0 Å². The molecular formula is C8H12ClN3. The fraction of sp³-hybridized carbons (Fsp3) is 0.500. The van der Waals surface area contributed by atoms with Gasteiger partial charge in [-0.25, -0.2) is 9.67 Å². The predicted octanol–water partition coefficient (Wildman–Crippen LogP) is 2.36. The highest BCUT2D eigenvalue weighted by molar-refractivity contribution is 6.31. The lowest BCUT2D eigenvalue weighted by Crippen LogP contribution is -2.05. The van der Waals surface area contributed by atoms with E-state index in [9.17, 15) is 0 Å². The lowest BCUT2D eigenvalue weighted by Gasteiger charge is -2.16. The van der Waals surface area contributed by atoms with Gasteiger partial charge in [0.1, 0.15) is 12.7 Å². The van der Waals surface area contributed by atoms with Gasteiger partial charge in [-0.15, -0.1) is 0 Å². The van der Waals surface area contributed by atoms with E-state index in [-0.39, 0.29) is 5.41 Å². The zero-order chi connectivity index (χ0) is 9.19. The molecule has 66 valence electrons. The van der Waals surface area contributed by atoms with Gasteiger partial charge in [-0.2, -0.15) is 5.10 Å².